The van der Waals surface area contributed by atoms with Crippen LogP contribution in [0.1, 0.15) is 47.5 Å². The lowest BCUT2D eigenvalue weighted by Gasteiger charge is -2.38. The lowest BCUT2D eigenvalue weighted by molar-refractivity contribution is -0.196. The third-order valence-corrected chi connectivity index (χ3v) is 9.15. The van der Waals surface area contributed by atoms with Gasteiger partial charge in [-0.1, -0.05) is 0 Å². The molecule has 1 unspecified atom stereocenters. The third kappa shape index (κ3) is 3.74. The van der Waals surface area contributed by atoms with Crippen molar-refractivity contribution in [2.75, 3.05) is 6.61 Å². The largest absolute Gasteiger partial charge is 0.464 e. The number of nitrogens with zero attached hydrogens (tertiary/aromatic N) is 2. The van der Waals surface area contributed by atoms with Gasteiger partial charge in [-0.2, -0.15) is 0 Å². The molecule has 0 aromatic heterocycles. The van der Waals surface area contributed by atoms with Crippen LogP contribution in [0.5, 0.6) is 0 Å². The van der Waals surface area contributed by atoms with E-state index in [2.05, 4.69) is 0 Å². The van der Waals surface area contributed by atoms with Crippen molar-refractivity contribution >= 4 is 53.2 Å². The molecule has 0 aromatic rings. The van der Waals surface area contributed by atoms with Crippen LogP contribution in [0.2, 0.25) is 0 Å². The van der Waals surface area contributed by atoms with E-state index >= 15 is 0 Å². The van der Waals surface area contributed by atoms with Crippen LogP contribution in [0.3, 0.4) is 0 Å². The number of ether oxygens (including phenoxy) is 3. The minimum Gasteiger partial charge on any atom is -0.464 e. The van der Waals surface area contributed by atoms with E-state index in [1.54, 1.807) is 18.7 Å². The molecule has 32 heavy (non-hydrogen) atoms. The van der Waals surface area contributed by atoms with Crippen LogP contribution >= 0.6 is 23.5 Å². The lowest BCUT2D eigenvalue weighted by atomic mass is 9.97. The molecule has 4 rings (SSSR count). The van der Waals surface area contributed by atoms with E-state index in [9.17, 15) is 24.0 Å². The fourth-order valence-corrected chi connectivity index (χ4v) is 7.92. The maximum Gasteiger partial charge on any atom is 0.333 e. The SMILES string of the molecule is CC(=O)OC[C@]1(C)S[C@H]2CC(=O)N2[C@H]1C(=O)OC(C)OC(=O)[C@@H]1N2C(=O)C[C@H]2SC1(C)C. The number of thioether (sulfide) groups is 2. The van der Waals surface area contributed by atoms with Crippen LogP contribution in [0.4, 0.5) is 0 Å². The first kappa shape index (κ1) is 23.2. The van der Waals surface area contributed by atoms with Crippen molar-refractivity contribution in [3.8, 4) is 0 Å². The number of amides is 2. The molecule has 4 heterocycles. The zero-order valence-electron chi connectivity index (χ0n) is 18.5. The van der Waals surface area contributed by atoms with Gasteiger partial charge in [-0.25, -0.2) is 9.59 Å². The van der Waals surface area contributed by atoms with Gasteiger partial charge in [0.25, 0.3) is 0 Å². The Morgan fingerprint density at radius 2 is 1.47 bits per heavy atom. The summed E-state index contributed by atoms with van der Waals surface area (Å²) in [5.41, 5.74) is 0. The fourth-order valence-electron chi connectivity index (χ4n) is 4.64. The van der Waals surface area contributed by atoms with Crippen LogP contribution < -0.4 is 0 Å². The molecule has 0 radical (unpaired) electrons. The summed E-state index contributed by atoms with van der Waals surface area (Å²) in [7, 11) is 0. The molecule has 176 valence electrons. The molecule has 4 fully saturated rings. The minimum atomic E-state index is -1.22. The first-order valence-electron chi connectivity index (χ1n) is 10.4. The second kappa shape index (κ2) is 7.82. The van der Waals surface area contributed by atoms with Crippen molar-refractivity contribution in [1.29, 1.82) is 0 Å². The summed E-state index contributed by atoms with van der Waals surface area (Å²) in [6, 6.07) is -1.74. The van der Waals surface area contributed by atoms with Gasteiger partial charge in [0.2, 0.25) is 18.1 Å². The Morgan fingerprint density at radius 3 is 2.00 bits per heavy atom. The van der Waals surface area contributed by atoms with Gasteiger partial charge in [-0.3, -0.25) is 14.4 Å². The van der Waals surface area contributed by atoms with E-state index in [-0.39, 0.29) is 29.2 Å². The zero-order chi connectivity index (χ0) is 23.6. The highest BCUT2D eigenvalue weighted by Gasteiger charge is 2.62. The average Bonchev–Trinajstić information content (AvgIpc) is 3.04. The predicted molar refractivity (Wildman–Crippen MR) is 114 cm³/mol. The molecule has 0 bridgehead atoms. The molecule has 4 saturated heterocycles. The van der Waals surface area contributed by atoms with Gasteiger partial charge in [0.05, 0.1) is 28.3 Å². The van der Waals surface area contributed by atoms with Gasteiger partial charge >= 0.3 is 17.9 Å². The molecule has 4 aliphatic rings. The van der Waals surface area contributed by atoms with E-state index in [0.29, 0.717) is 12.8 Å². The second-order valence-electron chi connectivity index (χ2n) is 9.10. The van der Waals surface area contributed by atoms with Crippen molar-refractivity contribution < 1.29 is 38.2 Å². The zero-order valence-corrected chi connectivity index (χ0v) is 20.1. The summed E-state index contributed by atoms with van der Waals surface area (Å²) in [5.74, 6) is -2.16. The smallest absolute Gasteiger partial charge is 0.333 e. The predicted octanol–water partition coefficient (Wildman–Crippen LogP) is 0.867. The van der Waals surface area contributed by atoms with Crippen molar-refractivity contribution in [2.45, 2.75) is 86.1 Å². The van der Waals surface area contributed by atoms with Crippen molar-refractivity contribution in [3.63, 3.8) is 0 Å². The lowest BCUT2D eigenvalue weighted by Crippen LogP contribution is -2.59. The average molecular weight is 487 g/mol. The molecule has 0 N–H and O–H groups in total. The Morgan fingerprint density at radius 1 is 0.969 bits per heavy atom. The van der Waals surface area contributed by atoms with E-state index < -0.39 is 45.8 Å². The van der Waals surface area contributed by atoms with Crippen LogP contribution in [0.25, 0.3) is 0 Å². The monoisotopic (exact) mass is 486 g/mol. The van der Waals surface area contributed by atoms with Gasteiger partial charge in [0.1, 0.15) is 18.7 Å². The Kier molecular flexibility index (Phi) is 5.68. The third-order valence-electron chi connectivity index (χ3n) is 6.11. The summed E-state index contributed by atoms with van der Waals surface area (Å²) in [6.07, 6.45) is -0.522. The molecular weight excluding hydrogens is 460 g/mol. The molecule has 0 aromatic carbocycles. The first-order chi connectivity index (χ1) is 14.8. The molecule has 10 nitrogen and oxygen atoms in total. The summed E-state index contributed by atoms with van der Waals surface area (Å²) >= 11 is 2.93. The van der Waals surface area contributed by atoms with Crippen LogP contribution in [0, 0.1) is 0 Å². The number of rotatable bonds is 6. The second-order valence-corrected chi connectivity index (χ2v) is 12.6. The maximum atomic E-state index is 13.0. The van der Waals surface area contributed by atoms with Gasteiger partial charge < -0.3 is 24.0 Å². The van der Waals surface area contributed by atoms with E-state index in [1.807, 2.05) is 13.8 Å². The topological polar surface area (TPSA) is 120 Å². The number of esters is 3. The Hall–Kier alpha value is -1.95. The van der Waals surface area contributed by atoms with E-state index in [4.69, 9.17) is 14.2 Å². The number of β-lactam (4-membered cyclic amide) rings is 2. The highest BCUT2D eigenvalue weighted by molar-refractivity contribution is 8.02. The molecule has 0 spiro atoms. The van der Waals surface area contributed by atoms with Gasteiger partial charge in [0, 0.05) is 18.6 Å². The van der Waals surface area contributed by atoms with Gasteiger partial charge in [-0.05, 0) is 20.8 Å². The number of fused-ring (bicyclic) bond motifs is 2. The normalized spacial score (nSPS) is 35.3. The maximum absolute atomic E-state index is 13.0. The summed E-state index contributed by atoms with van der Waals surface area (Å²) in [4.78, 5) is 64.3. The quantitative estimate of drug-likeness (QED) is 0.304. The van der Waals surface area contributed by atoms with Crippen molar-refractivity contribution in [3.05, 3.63) is 0 Å². The molecular formula is C20H26N2O8S2. The van der Waals surface area contributed by atoms with Crippen LogP contribution in [-0.4, -0.2) is 84.7 Å². The van der Waals surface area contributed by atoms with Crippen molar-refractivity contribution in [2.24, 2.45) is 0 Å². The minimum absolute atomic E-state index is 0.0419. The summed E-state index contributed by atoms with van der Waals surface area (Å²) in [6.45, 7) is 8.11. The van der Waals surface area contributed by atoms with Crippen molar-refractivity contribution in [1.82, 2.24) is 9.80 Å². The van der Waals surface area contributed by atoms with Gasteiger partial charge in [0.15, 0.2) is 0 Å². The molecule has 2 amide bonds. The highest BCUT2D eigenvalue weighted by Crippen LogP contribution is 2.52. The Bertz CT molecular complexity index is 895. The van der Waals surface area contributed by atoms with E-state index in [0.717, 1.165) is 0 Å². The standard InChI is InChI=1S/C20H26N2O8S2/c1-9(23)28-8-20(5)16(22-12(25)7-14(22)32-20)18(27)30-10(2)29-17(26)15-19(3,4)31-13-6-11(24)21(13)15/h10,13-16H,6-8H2,1-5H3/t10?,13-,14+,15+,16+,20+/m1/s1. The van der Waals surface area contributed by atoms with Crippen LogP contribution in [-0.2, 0) is 38.2 Å². The summed E-state index contributed by atoms with van der Waals surface area (Å²) < 4.78 is 14.5. The molecule has 0 aliphatic carbocycles. The number of hydrogen-bond acceptors (Lipinski definition) is 10. The van der Waals surface area contributed by atoms with Crippen LogP contribution in [0.15, 0.2) is 0 Å². The van der Waals surface area contributed by atoms with E-state index in [1.165, 1.54) is 35.4 Å². The molecule has 6 atom stereocenters. The molecule has 12 heteroatoms. The Labute approximate surface area is 194 Å². The molecule has 0 saturated carbocycles. The first-order valence-corrected chi connectivity index (χ1v) is 12.1. The summed E-state index contributed by atoms with van der Waals surface area (Å²) in [5, 5.41) is -0.232. The van der Waals surface area contributed by atoms with Gasteiger partial charge in [-0.15, -0.1) is 23.5 Å². The number of carbonyl (C=O) groups is 5. The highest BCUT2D eigenvalue weighted by atomic mass is 32.2. The Balaban J connectivity index is 1.42. The number of hydrogen-bond donors (Lipinski definition) is 0. The molecule has 4 aliphatic heterocycles. The number of carbonyl (C=O) groups excluding carboxylic acids is 5. The fraction of sp³-hybridized carbons (Fsp3) is 0.750.